The molecular formula is C24H22F6O. The molecule has 0 unspecified atom stereocenters. The van der Waals surface area contributed by atoms with Crippen LogP contribution in [0.15, 0.2) is 30.3 Å². The maximum atomic E-state index is 14.5. The van der Waals surface area contributed by atoms with Crippen molar-refractivity contribution in [3.63, 3.8) is 0 Å². The van der Waals surface area contributed by atoms with Crippen molar-refractivity contribution < 1.29 is 31.1 Å². The largest absolute Gasteiger partial charge is 0.573 e. The molecule has 0 N–H and O–H groups in total. The van der Waals surface area contributed by atoms with Crippen molar-refractivity contribution in [2.45, 2.75) is 57.7 Å². The second-order valence-corrected chi connectivity index (χ2v) is 7.81. The Labute approximate surface area is 177 Å². The van der Waals surface area contributed by atoms with Gasteiger partial charge in [0.05, 0.1) is 5.56 Å². The van der Waals surface area contributed by atoms with E-state index in [-0.39, 0.29) is 11.5 Å². The van der Waals surface area contributed by atoms with Crippen molar-refractivity contribution in [3.8, 4) is 17.6 Å². The Morgan fingerprint density at radius 3 is 2.10 bits per heavy atom. The minimum absolute atomic E-state index is 0.0378. The predicted molar refractivity (Wildman–Crippen MR) is 105 cm³/mol. The Bertz CT molecular complexity index is 955. The fourth-order valence-corrected chi connectivity index (χ4v) is 4.06. The second kappa shape index (κ2) is 9.67. The van der Waals surface area contributed by atoms with E-state index >= 15 is 0 Å². The van der Waals surface area contributed by atoms with Crippen LogP contribution in [0.4, 0.5) is 26.3 Å². The first kappa shape index (κ1) is 23.1. The molecule has 0 atom stereocenters. The number of hydrogen-bond donors (Lipinski definition) is 0. The summed E-state index contributed by atoms with van der Waals surface area (Å²) in [5, 5.41) is 0. The predicted octanol–water partition coefficient (Wildman–Crippen LogP) is 7.48. The third-order valence-corrected chi connectivity index (χ3v) is 5.57. The van der Waals surface area contributed by atoms with E-state index in [0.29, 0.717) is 17.5 Å². The van der Waals surface area contributed by atoms with E-state index in [1.54, 1.807) is 0 Å². The Kier molecular flexibility index (Phi) is 7.19. The van der Waals surface area contributed by atoms with E-state index in [2.05, 4.69) is 23.5 Å². The summed E-state index contributed by atoms with van der Waals surface area (Å²) in [6.07, 6.45) is 1.14. The van der Waals surface area contributed by atoms with E-state index in [1.807, 2.05) is 0 Å². The molecule has 0 saturated heterocycles. The zero-order valence-corrected chi connectivity index (χ0v) is 17.0. The van der Waals surface area contributed by atoms with Gasteiger partial charge in [0.15, 0.2) is 11.6 Å². The SMILES string of the molecule is CCCC1CCC(c2cc(F)c(C#Cc3ccc(OC(F)(F)F)c(F)c3)c(F)c2)CC1. The van der Waals surface area contributed by atoms with E-state index in [4.69, 9.17) is 0 Å². The first-order valence-corrected chi connectivity index (χ1v) is 10.2. The molecule has 0 amide bonds. The topological polar surface area (TPSA) is 9.23 Å². The van der Waals surface area contributed by atoms with Gasteiger partial charge in [0.2, 0.25) is 0 Å². The monoisotopic (exact) mass is 440 g/mol. The molecule has 0 bridgehead atoms. The van der Waals surface area contributed by atoms with Crippen LogP contribution in [-0.2, 0) is 0 Å². The molecule has 1 saturated carbocycles. The number of halogens is 6. The van der Waals surface area contributed by atoms with Gasteiger partial charge in [0.25, 0.3) is 0 Å². The normalized spacial score (nSPS) is 18.9. The molecule has 2 aromatic carbocycles. The summed E-state index contributed by atoms with van der Waals surface area (Å²) in [7, 11) is 0. The van der Waals surface area contributed by atoms with Gasteiger partial charge in [0, 0.05) is 5.56 Å². The van der Waals surface area contributed by atoms with E-state index in [1.165, 1.54) is 18.6 Å². The molecule has 31 heavy (non-hydrogen) atoms. The summed E-state index contributed by atoms with van der Waals surface area (Å²) in [5.74, 6) is 1.58. The molecule has 1 aliphatic rings. The smallest absolute Gasteiger partial charge is 0.403 e. The first-order valence-electron chi connectivity index (χ1n) is 10.2. The molecule has 166 valence electrons. The standard InChI is InChI=1S/C24H22F6O/c1-2-3-15-4-8-17(9-5-15)18-13-20(25)19(21(26)14-18)10-6-16-7-11-23(22(27)12-16)31-24(28,29)30/h7,11-15,17H,2-5,8-9H2,1H3. The zero-order chi connectivity index (χ0) is 22.6. The highest BCUT2D eigenvalue weighted by Crippen LogP contribution is 2.38. The quantitative estimate of drug-likeness (QED) is 0.354. The Balaban J connectivity index is 1.75. The van der Waals surface area contributed by atoms with Gasteiger partial charge in [-0.1, -0.05) is 31.6 Å². The Hall–Kier alpha value is -2.62. The zero-order valence-electron chi connectivity index (χ0n) is 17.0. The summed E-state index contributed by atoms with van der Waals surface area (Å²) < 4.78 is 83.0. The lowest BCUT2D eigenvalue weighted by Crippen LogP contribution is -2.17. The van der Waals surface area contributed by atoms with Gasteiger partial charge in [-0.05, 0) is 73.4 Å². The van der Waals surface area contributed by atoms with Crippen LogP contribution in [0.3, 0.4) is 0 Å². The second-order valence-electron chi connectivity index (χ2n) is 7.81. The molecule has 1 fully saturated rings. The highest BCUT2D eigenvalue weighted by Gasteiger charge is 2.32. The van der Waals surface area contributed by atoms with Gasteiger partial charge in [-0.25, -0.2) is 13.2 Å². The van der Waals surface area contributed by atoms with Gasteiger partial charge in [-0.3, -0.25) is 0 Å². The lowest BCUT2D eigenvalue weighted by molar-refractivity contribution is -0.275. The average Bonchev–Trinajstić information content (AvgIpc) is 2.69. The van der Waals surface area contributed by atoms with Gasteiger partial charge in [0.1, 0.15) is 11.6 Å². The Morgan fingerprint density at radius 1 is 0.903 bits per heavy atom. The molecule has 0 radical (unpaired) electrons. The van der Waals surface area contributed by atoms with Crippen LogP contribution in [0, 0.1) is 35.2 Å². The molecule has 1 aliphatic carbocycles. The summed E-state index contributed by atoms with van der Waals surface area (Å²) in [6.45, 7) is 2.15. The molecule has 0 heterocycles. The number of hydrogen-bond acceptors (Lipinski definition) is 1. The van der Waals surface area contributed by atoms with Crippen LogP contribution < -0.4 is 4.74 Å². The maximum absolute atomic E-state index is 14.5. The van der Waals surface area contributed by atoms with Crippen molar-refractivity contribution in [2.75, 3.05) is 0 Å². The minimum Gasteiger partial charge on any atom is -0.403 e. The summed E-state index contributed by atoms with van der Waals surface area (Å²) >= 11 is 0. The molecule has 2 aromatic rings. The molecular weight excluding hydrogens is 418 g/mol. The number of ether oxygens (including phenoxy) is 1. The maximum Gasteiger partial charge on any atom is 0.573 e. The minimum atomic E-state index is -5.03. The van der Waals surface area contributed by atoms with Crippen LogP contribution >= 0.6 is 0 Å². The van der Waals surface area contributed by atoms with Crippen molar-refractivity contribution >= 4 is 0 Å². The van der Waals surface area contributed by atoms with Gasteiger partial charge < -0.3 is 4.74 Å². The molecule has 0 aromatic heterocycles. The van der Waals surface area contributed by atoms with E-state index in [0.717, 1.165) is 44.2 Å². The van der Waals surface area contributed by atoms with Crippen molar-refractivity contribution in [3.05, 3.63) is 64.5 Å². The Morgan fingerprint density at radius 2 is 1.55 bits per heavy atom. The molecule has 1 nitrogen and oxygen atoms in total. The molecule has 3 rings (SSSR count). The molecule has 0 spiro atoms. The van der Waals surface area contributed by atoms with Crippen LogP contribution in [0.25, 0.3) is 0 Å². The number of alkyl halides is 3. The third kappa shape index (κ3) is 6.19. The lowest BCUT2D eigenvalue weighted by Gasteiger charge is -2.28. The highest BCUT2D eigenvalue weighted by atomic mass is 19.4. The third-order valence-electron chi connectivity index (χ3n) is 5.57. The summed E-state index contributed by atoms with van der Waals surface area (Å²) in [5.41, 5.74) is 0.110. The van der Waals surface area contributed by atoms with Crippen LogP contribution in [-0.4, -0.2) is 6.36 Å². The van der Waals surface area contributed by atoms with Gasteiger partial charge in [-0.15, -0.1) is 13.2 Å². The summed E-state index contributed by atoms with van der Waals surface area (Å²) in [4.78, 5) is 0. The van der Waals surface area contributed by atoms with E-state index < -0.39 is 35.1 Å². The first-order chi connectivity index (χ1) is 14.7. The van der Waals surface area contributed by atoms with Crippen molar-refractivity contribution in [1.29, 1.82) is 0 Å². The molecule has 7 heteroatoms. The fraction of sp³-hybridized carbons (Fsp3) is 0.417. The fourth-order valence-electron chi connectivity index (χ4n) is 4.06. The van der Waals surface area contributed by atoms with Crippen molar-refractivity contribution in [1.82, 2.24) is 0 Å². The van der Waals surface area contributed by atoms with Crippen LogP contribution in [0.2, 0.25) is 0 Å². The molecule has 0 aliphatic heterocycles. The lowest BCUT2D eigenvalue weighted by atomic mass is 9.77. The average molecular weight is 440 g/mol. The summed E-state index contributed by atoms with van der Waals surface area (Å²) in [6, 6.07) is 5.14. The number of benzene rings is 2. The van der Waals surface area contributed by atoms with Gasteiger partial charge in [-0.2, -0.15) is 0 Å². The number of rotatable bonds is 4. The van der Waals surface area contributed by atoms with Crippen LogP contribution in [0.5, 0.6) is 5.75 Å². The van der Waals surface area contributed by atoms with Crippen LogP contribution in [0.1, 0.15) is 68.1 Å². The van der Waals surface area contributed by atoms with Gasteiger partial charge >= 0.3 is 6.36 Å². The van der Waals surface area contributed by atoms with E-state index in [9.17, 15) is 26.3 Å². The van der Waals surface area contributed by atoms with Crippen molar-refractivity contribution in [2.24, 2.45) is 5.92 Å². The highest BCUT2D eigenvalue weighted by molar-refractivity contribution is 5.47.